The van der Waals surface area contributed by atoms with Crippen LogP contribution in [0.15, 0.2) is 41.3 Å². The van der Waals surface area contributed by atoms with Gasteiger partial charge in [0.05, 0.1) is 6.54 Å². The molecule has 1 fully saturated rings. The number of aromatic nitrogens is 1. The number of hydrogen-bond donors (Lipinski definition) is 1. The molecule has 1 N–H and O–H groups in total. The highest BCUT2D eigenvalue weighted by Gasteiger charge is 2.23. The maximum atomic E-state index is 13.0. The molecule has 1 aromatic carbocycles. The number of halogens is 2. The number of amides is 1. The minimum atomic E-state index is -0.482. The Bertz CT molecular complexity index is 864. The van der Waals surface area contributed by atoms with Gasteiger partial charge in [-0.15, -0.1) is 0 Å². The van der Waals surface area contributed by atoms with Gasteiger partial charge in [0.15, 0.2) is 28.8 Å². The van der Waals surface area contributed by atoms with Crippen molar-refractivity contribution in [1.82, 2.24) is 14.4 Å². The van der Waals surface area contributed by atoms with E-state index in [1.165, 1.54) is 16.7 Å². The van der Waals surface area contributed by atoms with E-state index in [1.54, 1.807) is 52.3 Å². The second-order valence-corrected chi connectivity index (χ2v) is 6.80. The lowest BCUT2D eigenvalue weighted by atomic mass is 10.2. The van der Waals surface area contributed by atoms with Gasteiger partial charge in [-0.1, -0.05) is 12.1 Å². The summed E-state index contributed by atoms with van der Waals surface area (Å²) in [7, 11) is 0. The van der Waals surface area contributed by atoms with Crippen LogP contribution >= 0.6 is 23.0 Å². The molecule has 0 atom stereocenters. The van der Waals surface area contributed by atoms with Crippen LogP contribution in [0.2, 0.25) is 0 Å². The normalized spacial score (nSPS) is 15.0. The van der Waals surface area contributed by atoms with Crippen molar-refractivity contribution in [2.45, 2.75) is 13.1 Å². The van der Waals surface area contributed by atoms with Crippen LogP contribution in [0.3, 0.4) is 0 Å². The summed E-state index contributed by atoms with van der Waals surface area (Å²) in [5.41, 5.74) is 0.827. The zero-order chi connectivity index (χ0) is 19.4. The summed E-state index contributed by atoms with van der Waals surface area (Å²) in [6.45, 7) is 3.00. The Labute approximate surface area is 169 Å². The van der Waals surface area contributed by atoms with E-state index in [0.717, 1.165) is 5.56 Å². The predicted octanol–water partition coefficient (Wildman–Crippen LogP) is 2.35. The zero-order valence-electron chi connectivity index (χ0n) is 14.5. The Balaban J connectivity index is 1.66. The first-order valence-corrected chi connectivity index (χ1v) is 9.31. The van der Waals surface area contributed by atoms with Crippen LogP contribution in [-0.2, 0) is 16.2 Å². The lowest BCUT2D eigenvalue weighted by Crippen LogP contribution is -2.48. The fourth-order valence-corrected chi connectivity index (χ4v) is 3.30. The van der Waals surface area contributed by atoms with E-state index in [9.17, 15) is 19.1 Å². The first-order valence-electron chi connectivity index (χ1n) is 8.43. The van der Waals surface area contributed by atoms with Crippen molar-refractivity contribution in [1.29, 1.82) is 0 Å². The Hall–Kier alpha value is -2.14. The molecule has 0 saturated carbocycles. The van der Waals surface area contributed by atoms with E-state index in [0.29, 0.717) is 38.3 Å². The minimum Gasteiger partial charge on any atom is -0.503 e. The van der Waals surface area contributed by atoms with E-state index in [1.807, 2.05) is 0 Å². The number of nitrogens with zero attached hydrogens (tertiary/aromatic N) is 3. The molecule has 0 aliphatic carbocycles. The first kappa shape index (κ1) is 19.6. The van der Waals surface area contributed by atoms with Gasteiger partial charge < -0.3 is 17.6 Å². The molecule has 0 radical (unpaired) electrons. The molecule has 1 amide bonds. The lowest BCUT2D eigenvalue weighted by molar-refractivity contribution is 0.116. The third-order valence-corrected chi connectivity index (χ3v) is 4.96. The fourth-order valence-electron chi connectivity index (χ4n) is 3.02. The summed E-state index contributed by atoms with van der Waals surface area (Å²) in [5.74, 6) is -0.621. The second-order valence-electron chi connectivity index (χ2n) is 6.36. The van der Waals surface area contributed by atoms with Crippen molar-refractivity contribution < 1.29 is 17.4 Å². The quantitative estimate of drug-likeness (QED) is 0.671. The molecule has 27 heavy (non-hydrogen) atoms. The number of carbonyl (C=O) groups excluding carboxylic acids is 1. The summed E-state index contributed by atoms with van der Waals surface area (Å²) < 4.78 is 19.1. The molecule has 1 aliphatic rings. The molecule has 1 aliphatic heterocycles. The standard InChI is InChI=1S/C18H19FIN3O4/c19-15-3-1-13(2-4-15)11-23-6-5-14(16(24)17(23)25)12-21-7-9-22(10-8-21)18(26)27-20/h1-6,24H,7-12H2. The molecule has 3 rings (SSSR count). The third kappa shape index (κ3) is 4.78. The molecular formula is C18H19FIN3O4. The number of rotatable bonds is 4. The molecule has 0 spiro atoms. The number of hydrogen-bond acceptors (Lipinski definition) is 5. The summed E-state index contributed by atoms with van der Waals surface area (Å²) in [5, 5.41) is 10.3. The molecule has 9 heteroatoms. The lowest BCUT2D eigenvalue weighted by Gasteiger charge is -2.33. The van der Waals surface area contributed by atoms with E-state index >= 15 is 0 Å². The summed E-state index contributed by atoms with van der Waals surface area (Å²) in [6.07, 6.45) is 1.27. The van der Waals surface area contributed by atoms with Crippen LogP contribution in [0.5, 0.6) is 5.75 Å². The van der Waals surface area contributed by atoms with Crippen LogP contribution in [0.4, 0.5) is 9.18 Å². The van der Waals surface area contributed by atoms with Crippen LogP contribution < -0.4 is 5.56 Å². The Morgan fingerprint density at radius 1 is 1.11 bits per heavy atom. The molecule has 7 nitrogen and oxygen atoms in total. The number of carbonyl (C=O) groups is 1. The maximum absolute atomic E-state index is 13.0. The number of pyridine rings is 1. The smallest absolute Gasteiger partial charge is 0.419 e. The summed E-state index contributed by atoms with van der Waals surface area (Å²) >= 11 is 1.57. The molecule has 144 valence electrons. The van der Waals surface area contributed by atoms with Crippen molar-refractivity contribution in [3.8, 4) is 5.75 Å². The van der Waals surface area contributed by atoms with Gasteiger partial charge in [0.2, 0.25) is 0 Å². The molecular weight excluding hydrogens is 468 g/mol. The molecule has 2 aromatic rings. The van der Waals surface area contributed by atoms with Crippen LogP contribution in [0.25, 0.3) is 0 Å². The average molecular weight is 487 g/mol. The molecule has 1 saturated heterocycles. The van der Waals surface area contributed by atoms with Crippen molar-refractivity contribution in [3.05, 3.63) is 63.8 Å². The number of benzene rings is 1. The minimum absolute atomic E-state index is 0.254. The van der Waals surface area contributed by atoms with Gasteiger partial charge in [0, 0.05) is 44.5 Å². The van der Waals surface area contributed by atoms with Crippen LogP contribution in [0.1, 0.15) is 11.1 Å². The van der Waals surface area contributed by atoms with Gasteiger partial charge in [0.1, 0.15) is 5.82 Å². The summed E-state index contributed by atoms with van der Waals surface area (Å²) in [6, 6.07) is 7.59. The van der Waals surface area contributed by atoms with Crippen LogP contribution in [-0.4, -0.2) is 51.7 Å². The van der Waals surface area contributed by atoms with Gasteiger partial charge in [-0.3, -0.25) is 9.69 Å². The Kier molecular flexibility index (Phi) is 6.32. The van der Waals surface area contributed by atoms with Crippen molar-refractivity contribution >= 4 is 29.1 Å². The van der Waals surface area contributed by atoms with Gasteiger partial charge in [-0.05, 0) is 23.8 Å². The SMILES string of the molecule is O=C(OI)N1CCN(Cc2ccn(Cc3ccc(F)cc3)c(=O)c2O)CC1. The number of piperazine rings is 1. The average Bonchev–Trinajstić information content (AvgIpc) is 2.69. The van der Waals surface area contributed by atoms with E-state index in [4.69, 9.17) is 0 Å². The molecule has 1 aromatic heterocycles. The predicted molar refractivity (Wildman–Crippen MR) is 105 cm³/mol. The molecule has 2 heterocycles. The van der Waals surface area contributed by atoms with E-state index in [2.05, 4.69) is 7.97 Å². The highest BCUT2D eigenvalue weighted by Crippen LogP contribution is 2.16. The van der Waals surface area contributed by atoms with E-state index in [-0.39, 0.29) is 24.2 Å². The number of aromatic hydroxyl groups is 1. The zero-order valence-corrected chi connectivity index (χ0v) is 16.6. The van der Waals surface area contributed by atoms with E-state index < -0.39 is 5.56 Å². The molecule has 0 unspecified atom stereocenters. The fraction of sp³-hybridized carbons (Fsp3) is 0.333. The Morgan fingerprint density at radius 3 is 2.41 bits per heavy atom. The topological polar surface area (TPSA) is 75.0 Å². The highest BCUT2D eigenvalue weighted by molar-refractivity contribution is 14.1. The maximum Gasteiger partial charge on any atom is 0.419 e. The monoisotopic (exact) mass is 487 g/mol. The van der Waals surface area contributed by atoms with Crippen molar-refractivity contribution in [2.24, 2.45) is 0 Å². The van der Waals surface area contributed by atoms with Gasteiger partial charge in [0.25, 0.3) is 5.56 Å². The molecule has 0 bridgehead atoms. The van der Waals surface area contributed by atoms with Gasteiger partial charge in [-0.25, -0.2) is 9.18 Å². The van der Waals surface area contributed by atoms with Gasteiger partial charge in [-0.2, -0.15) is 0 Å². The first-order chi connectivity index (χ1) is 13.0. The largest absolute Gasteiger partial charge is 0.503 e. The highest BCUT2D eigenvalue weighted by atomic mass is 127. The van der Waals surface area contributed by atoms with Crippen molar-refractivity contribution in [3.63, 3.8) is 0 Å². The third-order valence-electron chi connectivity index (χ3n) is 4.58. The van der Waals surface area contributed by atoms with Crippen LogP contribution in [0, 0.1) is 5.82 Å². The summed E-state index contributed by atoms with van der Waals surface area (Å²) in [4.78, 5) is 27.6. The Morgan fingerprint density at radius 2 is 1.78 bits per heavy atom. The van der Waals surface area contributed by atoms with Gasteiger partial charge >= 0.3 is 6.09 Å². The van der Waals surface area contributed by atoms with Crippen molar-refractivity contribution in [2.75, 3.05) is 26.2 Å². The second kappa shape index (κ2) is 8.70.